The smallest absolute Gasteiger partial charge is 0.229 e. The second kappa shape index (κ2) is 9.23. The Morgan fingerprint density at radius 2 is 1.84 bits per heavy atom. The van der Waals surface area contributed by atoms with E-state index in [-0.39, 0.29) is 5.69 Å². The van der Waals surface area contributed by atoms with Gasteiger partial charge >= 0.3 is 0 Å². The van der Waals surface area contributed by atoms with Gasteiger partial charge in [0.1, 0.15) is 11.5 Å². The minimum atomic E-state index is -0.475. The van der Waals surface area contributed by atoms with Gasteiger partial charge in [-0.05, 0) is 30.3 Å². The highest BCUT2D eigenvalue weighted by Crippen LogP contribution is 2.27. The van der Waals surface area contributed by atoms with Gasteiger partial charge in [-0.15, -0.1) is 11.3 Å². The summed E-state index contributed by atoms with van der Waals surface area (Å²) < 4.78 is 15.5. The summed E-state index contributed by atoms with van der Waals surface area (Å²) >= 11 is 1.55. The van der Waals surface area contributed by atoms with E-state index in [9.17, 15) is 4.39 Å². The number of hydrogen-bond donors (Lipinski definition) is 1. The van der Waals surface area contributed by atoms with E-state index in [1.54, 1.807) is 16.8 Å². The third-order valence-corrected chi connectivity index (χ3v) is 6.54. The first kappa shape index (κ1) is 20.9. The minimum absolute atomic E-state index is 0.236. The molecule has 0 saturated carbocycles. The number of benzene rings is 1. The van der Waals surface area contributed by atoms with E-state index >= 15 is 0 Å². The quantitative estimate of drug-likeness (QED) is 0.474. The molecule has 1 aliphatic rings. The third-order valence-electron chi connectivity index (χ3n) is 5.73. The van der Waals surface area contributed by atoms with Crippen LogP contribution in [-0.2, 0) is 6.54 Å². The second-order valence-electron chi connectivity index (χ2n) is 7.81. The molecule has 0 bridgehead atoms. The second-order valence-corrected chi connectivity index (χ2v) is 8.70. The summed E-state index contributed by atoms with van der Waals surface area (Å²) in [6.07, 6.45) is 3.05. The van der Waals surface area contributed by atoms with Gasteiger partial charge in [-0.2, -0.15) is 0 Å². The first-order valence-electron chi connectivity index (χ1n) is 10.7. The topological polar surface area (TPSA) is 70.1 Å². The van der Waals surface area contributed by atoms with Gasteiger partial charge in [0, 0.05) is 44.5 Å². The molecule has 4 aromatic rings. The molecule has 0 aliphatic carbocycles. The molecule has 1 aromatic carbocycles. The highest BCUT2D eigenvalue weighted by molar-refractivity contribution is 7.16. The molecular weight excluding hydrogens is 425 g/mol. The van der Waals surface area contributed by atoms with E-state index in [2.05, 4.69) is 48.0 Å². The number of thiazole rings is 1. The molecule has 1 N–H and O–H groups in total. The van der Waals surface area contributed by atoms with Crippen LogP contribution in [0.5, 0.6) is 0 Å². The van der Waals surface area contributed by atoms with Crippen molar-refractivity contribution >= 4 is 33.3 Å². The highest BCUT2D eigenvalue weighted by atomic mass is 32.1. The van der Waals surface area contributed by atoms with Crippen LogP contribution >= 0.6 is 11.3 Å². The number of likely N-dealkylation sites (N-methyl/N-ethyl adjacent to an activating group) is 1. The van der Waals surface area contributed by atoms with E-state index in [1.807, 2.05) is 30.5 Å². The van der Waals surface area contributed by atoms with Crippen LogP contribution in [0.3, 0.4) is 0 Å². The molecule has 0 unspecified atom stereocenters. The van der Waals surface area contributed by atoms with E-state index in [4.69, 9.17) is 0 Å². The third kappa shape index (κ3) is 4.59. The summed E-state index contributed by atoms with van der Waals surface area (Å²) in [6, 6.07) is 9.59. The molecule has 3 aromatic heterocycles. The van der Waals surface area contributed by atoms with Gasteiger partial charge in [0.2, 0.25) is 5.95 Å². The van der Waals surface area contributed by atoms with E-state index in [0.717, 1.165) is 55.0 Å². The maximum absolute atomic E-state index is 14.4. The summed E-state index contributed by atoms with van der Waals surface area (Å²) in [4.78, 5) is 22.2. The van der Waals surface area contributed by atoms with Gasteiger partial charge in [0.15, 0.2) is 5.82 Å². The normalized spacial score (nSPS) is 15.3. The lowest BCUT2D eigenvalue weighted by Crippen LogP contribution is -2.45. The standard InChI is InChI=1S/C23H24FN7S/c1-2-30-7-9-31(10-8-30)14-16-3-6-21(25-12-16)28-23-26-13-18(24)22(29-23)17-4-5-20-19(11-17)27-15-32-20/h3-6,11-13,15H,2,7-10,14H2,1H3,(H,25,26,28,29). The number of rotatable bonds is 6. The van der Waals surface area contributed by atoms with Gasteiger partial charge in [-0.25, -0.2) is 24.3 Å². The Morgan fingerprint density at radius 3 is 2.62 bits per heavy atom. The van der Waals surface area contributed by atoms with Crippen molar-refractivity contribution in [1.29, 1.82) is 0 Å². The molecule has 0 spiro atoms. The van der Waals surface area contributed by atoms with E-state index < -0.39 is 5.82 Å². The highest BCUT2D eigenvalue weighted by Gasteiger charge is 2.16. The Morgan fingerprint density at radius 1 is 1.00 bits per heavy atom. The van der Waals surface area contributed by atoms with Crippen LogP contribution in [-0.4, -0.2) is 62.5 Å². The Labute approximate surface area is 190 Å². The average molecular weight is 450 g/mol. The number of fused-ring (bicyclic) bond motifs is 1. The first-order valence-corrected chi connectivity index (χ1v) is 11.6. The zero-order valence-electron chi connectivity index (χ0n) is 17.8. The molecule has 0 radical (unpaired) electrons. The molecule has 0 atom stereocenters. The van der Waals surface area contributed by atoms with E-state index in [0.29, 0.717) is 17.3 Å². The molecule has 0 amide bonds. The largest absolute Gasteiger partial charge is 0.309 e. The van der Waals surface area contributed by atoms with Crippen LogP contribution < -0.4 is 5.32 Å². The van der Waals surface area contributed by atoms with Crippen molar-refractivity contribution in [2.75, 3.05) is 38.0 Å². The van der Waals surface area contributed by atoms with Gasteiger partial charge in [-0.3, -0.25) is 4.90 Å². The number of halogens is 1. The number of hydrogen-bond acceptors (Lipinski definition) is 8. The van der Waals surface area contributed by atoms with Crippen LogP contribution in [0.2, 0.25) is 0 Å². The minimum Gasteiger partial charge on any atom is -0.309 e. The molecular formula is C23H24FN7S. The molecule has 1 saturated heterocycles. The lowest BCUT2D eigenvalue weighted by Gasteiger charge is -2.33. The molecule has 32 heavy (non-hydrogen) atoms. The lowest BCUT2D eigenvalue weighted by atomic mass is 10.1. The van der Waals surface area contributed by atoms with Crippen LogP contribution in [0.15, 0.2) is 48.2 Å². The van der Waals surface area contributed by atoms with Crippen molar-refractivity contribution in [1.82, 2.24) is 29.7 Å². The van der Waals surface area contributed by atoms with Crippen molar-refractivity contribution in [2.24, 2.45) is 0 Å². The number of nitrogens with one attached hydrogen (secondary N) is 1. The fraction of sp³-hybridized carbons (Fsp3) is 0.304. The van der Waals surface area contributed by atoms with Crippen molar-refractivity contribution in [3.63, 3.8) is 0 Å². The van der Waals surface area contributed by atoms with Crippen LogP contribution in [0, 0.1) is 5.82 Å². The number of piperazine rings is 1. The van der Waals surface area contributed by atoms with Crippen LogP contribution in [0.4, 0.5) is 16.2 Å². The number of nitrogens with zero attached hydrogens (tertiary/aromatic N) is 6. The zero-order valence-corrected chi connectivity index (χ0v) is 18.6. The van der Waals surface area contributed by atoms with Crippen molar-refractivity contribution in [3.05, 3.63) is 59.6 Å². The molecule has 5 rings (SSSR count). The Kier molecular flexibility index (Phi) is 6.02. The summed E-state index contributed by atoms with van der Waals surface area (Å²) in [5.41, 5.74) is 4.67. The van der Waals surface area contributed by atoms with Gasteiger partial charge < -0.3 is 10.2 Å². The SMILES string of the molecule is CCN1CCN(Cc2ccc(Nc3ncc(F)c(-c4ccc5scnc5c4)n3)nc2)CC1. The predicted octanol–water partition coefficient (Wildman–Crippen LogP) is 4.17. The monoisotopic (exact) mass is 449 g/mol. The van der Waals surface area contributed by atoms with Crippen molar-refractivity contribution < 1.29 is 4.39 Å². The zero-order chi connectivity index (χ0) is 21.9. The van der Waals surface area contributed by atoms with E-state index in [1.165, 1.54) is 6.20 Å². The fourth-order valence-corrected chi connectivity index (χ4v) is 4.52. The molecule has 1 aliphatic heterocycles. The van der Waals surface area contributed by atoms with Crippen LogP contribution in [0.25, 0.3) is 21.5 Å². The molecule has 7 nitrogen and oxygen atoms in total. The molecule has 164 valence electrons. The lowest BCUT2D eigenvalue weighted by molar-refractivity contribution is 0.132. The molecule has 4 heterocycles. The van der Waals surface area contributed by atoms with Gasteiger partial charge in [0.05, 0.1) is 21.9 Å². The summed E-state index contributed by atoms with van der Waals surface area (Å²) in [5, 5.41) is 3.08. The number of pyridine rings is 1. The fourth-order valence-electron chi connectivity index (χ4n) is 3.86. The van der Waals surface area contributed by atoms with Crippen molar-refractivity contribution in [2.45, 2.75) is 13.5 Å². The van der Waals surface area contributed by atoms with Crippen LogP contribution in [0.1, 0.15) is 12.5 Å². The Hall–Kier alpha value is -3.01. The first-order chi connectivity index (χ1) is 15.7. The summed E-state index contributed by atoms with van der Waals surface area (Å²) in [5.74, 6) is 0.449. The molecule has 1 fully saturated rings. The predicted molar refractivity (Wildman–Crippen MR) is 126 cm³/mol. The Balaban J connectivity index is 1.27. The van der Waals surface area contributed by atoms with Crippen molar-refractivity contribution in [3.8, 4) is 11.3 Å². The average Bonchev–Trinajstić information content (AvgIpc) is 3.30. The number of anilines is 2. The number of aromatic nitrogens is 4. The van der Waals surface area contributed by atoms with Gasteiger partial charge in [-0.1, -0.05) is 19.1 Å². The summed E-state index contributed by atoms with van der Waals surface area (Å²) in [6.45, 7) is 8.59. The Bertz CT molecular complexity index is 1200. The summed E-state index contributed by atoms with van der Waals surface area (Å²) in [7, 11) is 0. The maximum atomic E-state index is 14.4. The molecule has 9 heteroatoms. The maximum Gasteiger partial charge on any atom is 0.229 e. The van der Waals surface area contributed by atoms with Gasteiger partial charge in [0.25, 0.3) is 0 Å².